The first-order valence-corrected chi connectivity index (χ1v) is 6.15. The van der Waals surface area contributed by atoms with Gasteiger partial charge in [0.15, 0.2) is 0 Å². The Morgan fingerprint density at radius 2 is 2.00 bits per heavy atom. The van der Waals surface area contributed by atoms with Crippen molar-refractivity contribution in [2.75, 3.05) is 26.2 Å². The zero-order valence-electron chi connectivity index (χ0n) is 10.7. The van der Waals surface area contributed by atoms with Crippen LogP contribution < -0.4 is 5.73 Å². The molecule has 0 aromatic carbocycles. The quantitative estimate of drug-likeness (QED) is 0.713. The van der Waals surface area contributed by atoms with Crippen LogP contribution in [0.4, 0.5) is 0 Å². The Morgan fingerprint density at radius 3 is 2.44 bits per heavy atom. The molecular weight excluding hydrogens is 204 g/mol. The van der Waals surface area contributed by atoms with Gasteiger partial charge in [-0.2, -0.15) is 0 Å². The molecule has 1 fully saturated rings. The summed E-state index contributed by atoms with van der Waals surface area (Å²) in [6, 6.07) is 0. The summed E-state index contributed by atoms with van der Waals surface area (Å²) in [5, 5.41) is 0. The predicted molar refractivity (Wildman–Crippen MR) is 64.1 cm³/mol. The Hall–Kier alpha value is -0.610. The summed E-state index contributed by atoms with van der Waals surface area (Å²) in [6.45, 7) is 8.90. The number of ether oxygens (including phenoxy) is 1. The Labute approximate surface area is 98.1 Å². The monoisotopic (exact) mass is 228 g/mol. The van der Waals surface area contributed by atoms with E-state index in [2.05, 4.69) is 18.7 Å². The van der Waals surface area contributed by atoms with E-state index in [0.717, 1.165) is 13.1 Å². The fourth-order valence-electron chi connectivity index (χ4n) is 2.43. The van der Waals surface area contributed by atoms with Crippen LogP contribution in [0.3, 0.4) is 0 Å². The van der Waals surface area contributed by atoms with Crippen molar-refractivity contribution in [3.63, 3.8) is 0 Å². The van der Waals surface area contributed by atoms with E-state index in [-0.39, 0.29) is 17.4 Å². The molecule has 0 aromatic rings. The maximum atomic E-state index is 11.8. The lowest BCUT2D eigenvalue weighted by Crippen LogP contribution is -2.53. The average molecular weight is 228 g/mol. The first kappa shape index (κ1) is 13.5. The number of nitrogens with zero attached hydrogens (tertiary/aromatic N) is 1. The summed E-state index contributed by atoms with van der Waals surface area (Å²) in [5.74, 6) is -0.396. The van der Waals surface area contributed by atoms with E-state index >= 15 is 0 Å². The lowest BCUT2D eigenvalue weighted by atomic mass is 9.86. The topological polar surface area (TPSA) is 55.6 Å². The molecule has 2 N–H and O–H groups in total. The molecule has 0 bridgehead atoms. The van der Waals surface area contributed by atoms with Gasteiger partial charge in [0.2, 0.25) is 0 Å². The number of carbonyl (C=O) groups is 1. The third kappa shape index (κ3) is 2.74. The van der Waals surface area contributed by atoms with E-state index in [1.165, 1.54) is 12.8 Å². The highest BCUT2D eigenvalue weighted by atomic mass is 16.5. The van der Waals surface area contributed by atoms with Gasteiger partial charge >= 0.3 is 5.97 Å². The minimum atomic E-state index is -0.231. The van der Waals surface area contributed by atoms with Crippen molar-refractivity contribution in [3.8, 4) is 0 Å². The van der Waals surface area contributed by atoms with Crippen molar-refractivity contribution in [3.05, 3.63) is 0 Å². The minimum absolute atomic E-state index is 0.165. The second kappa shape index (κ2) is 5.64. The van der Waals surface area contributed by atoms with Crippen LogP contribution in [-0.2, 0) is 9.53 Å². The molecule has 0 radical (unpaired) electrons. The average Bonchev–Trinajstić information content (AvgIpc) is 2.71. The van der Waals surface area contributed by atoms with E-state index in [1.54, 1.807) is 0 Å². The van der Waals surface area contributed by atoms with Crippen LogP contribution in [0.25, 0.3) is 0 Å². The summed E-state index contributed by atoms with van der Waals surface area (Å²) in [7, 11) is 0. The fraction of sp³-hybridized carbons (Fsp3) is 0.917. The number of hydrogen-bond acceptors (Lipinski definition) is 4. The normalized spacial score (nSPS) is 19.8. The molecule has 0 amide bonds. The van der Waals surface area contributed by atoms with Gasteiger partial charge in [0, 0.05) is 12.1 Å². The molecule has 16 heavy (non-hydrogen) atoms. The molecule has 0 unspecified atom stereocenters. The van der Waals surface area contributed by atoms with Gasteiger partial charge in [0.1, 0.15) is 0 Å². The number of likely N-dealkylation sites (tertiary alicyclic amines) is 1. The standard InChI is InChI=1S/C12H24N2O2/c1-4-16-11(15)10(9-13)12(2,3)14-7-5-6-8-14/h10H,4-9,13H2,1-3H3/t10-/m0/s1. The van der Waals surface area contributed by atoms with Crippen LogP contribution in [0.15, 0.2) is 0 Å². The second-order valence-corrected chi connectivity index (χ2v) is 4.89. The lowest BCUT2D eigenvalue weighted by Gasteiger charge is -2.40. The van der Waals surface area contributed by atoms with Crippen LogP contribution in [0.1, 0.15) is 33.6 Å². The van der Waals surface area contributed by atoms with E-state index < -0.39 is 0 Å². The van der Waals surface area contributed by atoms with Crippen molar-refractivity contribution >= 4 is 5.97 Å². The van der Waals surface area contributed by atoms with Gasteiger partial charge in [-0.15, -0.1) is 0 Å². The molecule has 1 saturated heterocycles. The van der Waals surface area contributed by atoms with Gasteiger partial charge < -0.3 is 10.5 Å². The van der Waals surface area contributed by atoms with Gasteiger partial charge in [-0.05, 0) is 46.7 Å². The van der Waals surface area contributed by atoms with Crippen LogP contribution in [-0.4, -0.2) is 42.6 Å². The number of carbonyl (C=O) groups excluding carboxylic acids is 1. The van der Waals surface area contributed by atoms with E-state index in [0.29, 0.717) is 13.2 Å². The fourth-order valence-corrected chi connectivity index (χ4v) is 2.43. The molecule has 1 aliphatic heterocycles. The highest BCUT2D eigenvalue weighted by Crippen LogP contribution is 2.28. The number of nitrogens with two attached hydrogens (primary N) is 1. The van der Waals surface area contributed by atoms with Gasteiger partial charge in [-0.25, -0.2) is 0 Å². The van der Waals surface area contributed by atoms with Gasteiger partial charge in [-0.1, -0.05) is 0 Å². The SMILES string of the molecule is CCOC(=O)[C@H](CN)C(C)(C)N1CCCC1. The van der Waals surface area contributed by atoms with Crippen LogP contribution in [0.2, 0.25) is 0 Å². The molecule has 1 rings (SSSR count). The third-order valence-electron chi connectivity index (χ3n) is 3.58. The van der Waals surface area contributed by atoms with Crippen molar-refractivity contribution in [2.24, 2.45) is 11.7 Å². The van der Waals surface area contributed by atoms with Crippen LogP contribution in [0.5, 0.6) is 0 Å². The molecule has 1 heterocycles. The Bertz CT molecular complexity index is 235. The largest absolute Gasteiger partial charge is 0.466 e. The zero-order valence-corrected chi connectivity index (χ0v) is 10.7. The molecule has 1 aliphatic rings. The van der Waals surface area contributed by atoms with Crippen LogP contribution >= 0.6 is 0 Å². The molecule has 0 spiro atoms. The first-order valence-electron chi connectivity index (χ1n) is 6.15. The number of rotatable bonds is 5. The van der Waals surface area contributed by atoms with Gasteiger partial charge in [0.25, 0.3) is 0 Å². The molecule has 0 aliphatic carbocycles. The van der Waals surface area contributed by atoms with E-state index in [9.17, 15) is 4.79 Å². The maximum Gasteiger partial charge on any atom is 0.312 e. The van der Waals surface area contributed by atoms with E-state index in [1.807, 2.05) is 6.92 Å². The van der Waals surface area contributed by atoms with Gasteiger partial charge in [-0.3, -0.25) is 9.69 Å². The van der Waals surface area contributed by atoms with Crippen LogP contribution in [0, 0.1) is 5.92 Å². The predicted octanol–water partition coefficient (Wildman–Crippen LogP) is 0.999. The Morgan fingerprint density at radius 1 is 1.44 bits per heavy atom. The third-order valence-corrected chi connectivity index (χ3v) is 3.58. The smallest absolute Gasteiger partial charge is 0.312 e. The molecule has 94 valence electrons. The molecule has 0 aromatic heterocycles. The van der Waals surface area contributed by atoms with Crippen molar-refractivity contribution in [1.29, 1.82) is 0 Å². The molecule has 4 nitrogen and oxygen atoms in total. The highest BCUT2D eigenvalue weighted by molar-refractivity contribution is 5.74. The summed E-state index contributed by atoms with van der Waals surface area (Å²) < 4.78 is 5.10. The molecule has 1 atom stereocenters. The number of esters is 1. The summed E-state index contributed by atoms with van der Waals surface area (Å²) in [6.07, 6.45) is 2.42. The summed E-state index contributed by atoms with van der Waals surface area (Å²) >= 11 is 0. The number of hydrogen-bond donors (Lipinski definition) is 1. The second-order valence-electron chi connectivity index (χ2n) is 4.89. The van der Waals surface area contributed by atoms with Crippen molar-refractivity contribution < 1.29 is 9.53 Å². The molecule has 4 heteroatoms. The summed E-state index contributed by atoms with van der Waals surface area (Å²) in [4.78, 5) is 14.2. The van der Waals surface area contributed by atoms with Crippen molar-refractivity contribution in [2.45, 2.75) is 39.2 Å². The Balaban J connectivity index is 2.72. The highest BCUT2D eigenvalue weighted by Gasteiger charge is 2.40. The Kier molecular flexibility index (Phi) is 4.74. The molecular formula is C12H24N2O2. The van der Waals surface area contributed by atoms with Crippen molar-refractivity contribution in [1.82, 2.24) is 4.90 Å². The zero-order chi connectivity index (χ0) is 12.2. The summed E-state index contributed by atoms with van der Waals surface area (Å²) in [5.41, 5.74) is 5.53. The first-order chi connectivity index (χ1) is 7.54. The molecule has 0 saturated carbocycles. The van der Waals surface area contributed by atoms with E-state index in [4.69, 9.17) is 10.5 Å². The van der Waals surface area contributed by atoms with Gasteiger partial charge in [0.05, 0.1) is 12.5 Å². The minimum Gasteiger partial charge on any atom is -0.466 e. The lowest BCUT2D eigenvalue weighted by molar-refractivity contribution is -0.152. The maximum absolute atomic E-state index is 11.8.